The van der Waals surface area contributed by atoms with Gasteiger partial charge in [-0.3, -0.25) is 4.79 Å². The predicted octanol–water partition coefficient (Wildman–Crippen LogP) is 2.85. The molecule has 7 heteroatoms. The first-order chi connectivity index (χ1) is 12.4. The van der Waals surface area contributed by atoms with Gasteiger partial charge in [-0.2, -0.15) is 0 Å². The first kappa shape index (κ1) is 17.8. The van der Waals surface area contributed by atoms with E-state index in [9.17, 15) is 18.4 Å². The normalized spacial score (nSPS) is 18.2. The van der Waals surface area contributed by atoms with Gasteiger partial charge in [0, 0.05) is 18.5 Å². The number of hydrogen-bond acceptors (Lipinski definition) is 3. The molecule has 1 saturated carbocycles. The number of rotatable bonds is 7. The van der Waals surface area contributed by atoms with Crippen LogP contribution in [-0.2, 0) is 16.1 Å². The quantitative estimate of drug-likeness (QED) is 0.795. The second-order valence-corrected chi connectivity index (χ2v) is 6.16. The number of carbonyl (C=O) groups is 2. The summed E-state index contributed by atoms with van der Waals surface area (Å²) in [4.78, 5) is 22.7. The number of carboxylic acids is 1. The largest absolute Gasteiger partial charge is 0.482 e. The van der Waals surface area contributed by atoms with Crippen LogP contribution in [0.5, 0.6) is 5.75 Å². The van der Waals surface area contributed by atoms with Gasteiger partial charge in [0.05, 0.1) is 0 Å². The number of amides is 1. The maximum absolute atomic E-state index is 13.8. The number of ether oxygens (including phenoxy) is 1. The van der Waals surface area contributed by atoms with Crippen LogP contribution in [-0.4, -0.2) is 23.6 Å². The lowest BCUT2D eigenvalue weighted by Gasteiger charge is -2.08. The van der Waals surface area contributed by atoms with E-state index in [1.165, 1.54) is 12.1 Å². The third kappa shape index (κ3) is 4.36. The fraction of sp³-hybridized carbons (Fsp3) is 0.263. The molecular formula is C19H17F2NO4. The van der Waals surface area contributed by atoms with E-state index in [1.807, 2.05) is 0 Å². The molecule has 0 saturated heterocycles. The topological polar surface area (TPSA) is 75.6 Å². The van der Waals surface area contributed by atoms with E-state index in [2.05, 4.69) is 5.32 Å². The van der Waals surface area contributed by atoms with E-state index in [4.69, 9.17) is 9.84 Å². The Labute approximate surface area is 148 Å². The molecule has 2 aromatic carbocycles. The zero-order valence-corrected chi connectivity index (χ0v) is 13.7. The lowest BCUT2D eigenvalue weighted by Crippen LogP contribution is -2.25. The molecule has 0 radical (unpaired) electrons. The van der Waals surface area contributed by atoms with Crippen LogP contribution in [0.1, 0.15) is 23.5 Å². The molecule has 2 N–H and O–H groups in total. The standard InChI is InChI=1S/C19H17F2NO4/c20-12-4-5-14(17(21)7-12)15-8-16(15)19(25)22-9-11-2-1-3-13(6-11)26-10-18(23)24/h1-7,15-16H,8-10H2,(H,22,25)(H,23,24)/t15-,16+/m0/s1. The van der Waals surface area contributed by atoms with Crippen LogP contribution in [0.25, 0.3) is 0 Å². The van der Waals surface area contributed by atoms with Crippen molar-refractivity contribution in [1.29, 1.82) is 0 Å². The molecule has 0 heterocycles. The number of nitrogens with one attached hydrogen (secondary N) is 1. The number of carboxylic acid groups (broad SMARTS) is 1. The Morgan fingerprint density at radius 1 is 1.19 bits per heavy atom. The third-order valence-corrected chi connectivity index (χ3v) is 4.22. The Morgan fingerprint density at radius 3 is 2.73 bits per heavy atom. The Kier molecular flexibility index (Phi) is 5.16. The van der Waals surface area contributed by atoms with Gasteiger partial charge in [-0.1, -0.05) is 18.2 Å². The lowest BCUT2D eigenvalue weighted by atomic mass is 10.1. The number of carbonyl (C=O) groups excluding carboxylic acids is 1. The van der Waals surface area contributed by atoms with Crippen LogP contribution < -0.4 is 10.1 Å². The lowest BCUT2D eigenvalue weighted by molar-refractivity contribution is -0.139. The van der Waals surface area contributed by atoms with E-state index in [0.29, 0.717) is 17.7 Å². The average Bonchev–Trinajstić information content (AvgIpc) is 3.39. The highest BCUT2D eigenvalue weighted by atomic mass is 19.1. The zero-order chi connectivity index (χ0) is 18.7. The summed E-state index contributed by atoms with van der Waals surface area (Å²) in [6, 6.07) is 10.1. The molecule has 0 spiro atoms. The Balaban J connectivity index is 1.53. The molecule has 0 bridgehead atoms. The van der Waals surface area contributed by atoms with Crippen molar-refractivity contribution < 1.29 is 28.2 Å². The fourth-order valence-electron chi connectivity index (χ4n) is 2.84. The SMILES string of the molecule is O=C(O)COc1cccc(CNC(=O)[C@@H]2C[C@H]2c2ccc(F)cc2F)c1. The van der Waals surface area contributed by atoms with Crippen LogP contribution in [0, 0.1) is 17.6 Å². The summed E-state index contributed by atoms with van der Waals surface area (Å²) in [5.74, 6) is -2.71. The summed E-state index contributed by atoms with van der Waals surface area (Å²) in [6.45, 7) is -0.193. The monoisotopic (exact) mass is 361 g/mol. The van der Waals surface area contributed by atoms with Crippen molar-refractivity contribution in [2.24, 2.45) is 5.92 Å². The maximum atomic E-state index is 13.8. The molecule has 0 unspecified atom stereocenters. The highest BCUT2D eigenvalue weighted by Gasteiger charge is 2.45. The van der Waals surface area contributed by atoms with Gasteiger partial charge in [-0.25, -0.2) is 13.6 Å². The van der Waals surface area contributed by atoms with Crippen LogP contribution in [0.2, 0.25) is 0 Å². The summed E-state index contributed by atoms with van der Waals surface area (Å²) < 4.78 is 31.8. The van der Waals surface area contributed by atoms with Gasteiger partial charge in [0.2, 0.25) is 5.91 Å². The Hall–Kier alpha value is -2.96. The van der Waals surface area contributed by atoms with Crippen molar-refractivity contribution in [3.8, 4) is 5.75 Å². The van der Waals surface area contributed by atoms with Gasteiger partial charge in [-0.05, 0) is 41.7 Å². The second kappa shape index (κ2) is 7.51. The average molecular weight is 361 g/mol. The van der Waals surface area contributed by atoms with E-state index in [1.54, 1.807) is 24.3 Å². The van der Waals surface area contributed by atoms with Crippen molar-refractivity contribution in [1.82, 2.24) is 5.32 Å². The van der Waals surface area contributed by atoms with Crippen molar-refractivity contribution >= 4 is 11.9 Å². The minimum absolute atomic E-state index is 0.199. The minimum atomic E-state index is -1.07. The molecule has 2 aromatic rings. The van der Waals surface area contributed by atoms with Crippen LogP contribution in [0.3, 0.4) is 0 Å². The summed E-state index contributed by atoms with van der Waals surface area (Å²) in [5, 5.41) is 11.4. The first-order valence-electron chi connectivity index (χ1n) is 8.10. The van der Waals surface area contributed by atoms with E-state index >= 15 is 0 Å². The fourth-order valence-corrected chi connectivity index (χ4v) is 2.84. The van der Waals surface area contributed by atoms with Gasteiger partial charge < -0.3 is 15.2 Å². The van der Waals surface area contributed by atoms with Gasteiger partial charge in [0.25, 0.3) is 0 Å². The number of halogens is 2. The van der Waals surface area contributed by atoms with Gasteiger partial charge >= 0.3 is 5.97 Å². The molecule has 136 valence electrons. The summed E-state index contributed by atoms with van der Waals surface area (Å²) in [5.41, 5.74) is 1.11. The molecule has 0 aromatic heterocycles. The molecule has 1 fully saturated rings. The van der Waals surface area contributed by atoms with Crippen molar-refractivity contribution in [3.05, 3.63) is 65.2 Å². The van der Waals surface area contributed by atoms with Gasteiger partial charge in [-0.15, -0.1) is 0 Å². The minimum Gasteiger partial charge on any atom is -0.482 e. The molecule has 0 aliphatic heterocycles. The molecule has 5 nitrogen and oxygen atoms in total. The zero-order valence-electron chi connectivity index (χ0n) is 13.7. The van der Waals surface area contributed by atoms with E-state index in [-0.39, 0.29) is 24.3 Å². The summed E-state index contributed by atoms with van der Waals surface area (Å²) >= 11 is 0. The van der Waals surface area contributed by atoms with Gasteiger partial charge in [0.15, 0.2) is 6.61 Å². The van der Waals surface area contributed by atoms with E-state index in [0.717, 1.165) is 11.6 Å². The summed E-state index contributed by atoms with van der Waals surface area (Å²) in [6.07, 6.45) is 0.524. The Morgan fingerprint density at radius 2 is 2.00 bits per heavy atom. The van der Waals surface area contributed by atoms with E-state index < -0.39 is 24.2 Å². The third-order valence-electron chi connectivity index (χ3n) is 4.22. The smallest absolute Gasteiger partial charge is 0.341 e. The molecule has 1 amide bonds. The maximum Gasteiger partial charge on any atom is 0.341 e. The first-order valence-corrected chi connectivity index (χ1v) is 8.10. The van der Waals surface area contributed by atoms with Crippen molar-refractivity contribution in [3.63, 3.8) is 0 Å². The van der Waals surface area contributed by atoms with Crippen LogP contribution in [0.4, 0.5) is 8.78 Å². The van der Waals surface area contributed by atoms with Crippen molar-refractivity contribution in [2.45, 2.75) is 18.9 Å². The molecule has 2 atom stereocenters. The predicted molar refractivity (Wildman–Crippen MR) is 88.6 cm³/mol. The number of aliphatic carboxylic acids is 1. The highest BCUT2D eigenvalue weighted by molar-refractivity contribution is 5.82. The highest BCUT2D eigenvalue weighted by Crippen LogP contribution is 2.48. The Bertz CT molecular complexity index is 840. The molecular weight excluding hydrogens is 344 g/mol. The van der Waals surface area contributed by atoms with Crippen LogP contribution in [0.15, 0.2) is 42.5 Å². The molecule has 26 heavy (non-hydrogen) atoms. The second-order valence-electron chi connectivity index (χ2n) is 6.16. The number of hydrogen-bond donors (Lipinski definition) is 2. The van der Waals surface area contributed by atoms with Crippen LogP contribution >= 0.6 is 0 Å². The summed E-state index contributed by atoms with van der Waals surface area (Å²) in [7, 11) is 0. The number of benzene rings is 2. The molecule has 1 aliphatic carbocycles. The van der Waals surface area contributed by atoms with Gasteiger partial charge in [0.1, 0.15) is 17.4 Å². The van der Waals surface area contributed by atoms with Crippen molar-refractivity contribution in [2.75, 3.05) is 6.61 Å². The molecule has 3 rings (SSSR count). The molecule has 1 aliphatic rings.